The molecule has 1 aromatic heterocycles. The summed E-state index contributed by atoms with van der Waals surface area (Å²) in [5.74, 6) is 1.62. The number of pyridine rings is 1. The summed E-state index contributed by atoms with van der Waals surface area (Å²) in [7, 11) is 1.71. The molecule has 2 heterocycles. The number of amides is 1. The third-order valence-electron chi connectivity index (χ3n) is 6.40. The lowest BCUT2D eigenvalue weighted by atomic mass is 10.1. The van der Waals surface area contributed by atoms with Crippen LogP contribution < -0.4 is 19.9 Å². The molecule has 0 spiro atoms. The van der Waals surface area contributed by atoms with Gasteiger partial charge in [-0.25, -0.2) is 4.98 Å². The van der Waals surface area contributed by atoms with Crippen molar-refractivity contribution in [2.24, 2.45) is 0 Å². The third-order valence-corrected chi connectivity index (χ3v) is 7.05. The molecule has 0 bridgehead atoms. The Kier molecular flexibility index (Phi) is 6.59. The molecule has 0 aliphatic carbocycles. The Morgan fingerprint density at radius 2 is 1.63 bits per heavy atom. The van der Waals surface area contributed by atoms with Crippen molar-refractivity contribution in [1.82, 2.24) is 4.98 Å². The quantitative estimate of drug-likeness (QED) is 0.348. The van der Waals surface area contributed by atoms with Crippen molar-refractivity contribution in [2.45, 2.75) is 6.92 Å². The summed E-state index contributed by atoms with van der Waals surface area (Å²) in [6.45, 7) is 5.40. The van der Waals surface area contributed by atoms with Crippen LogP contribution >= 0.6 is 15.9 Å². The Hall–Kier alpha value is -3.58. The first-order valence-corrected chi connectivity index (χ1v) is 12.4. The molecule has 1 amide bonds. The Morgan fingerprint density at radius 3 is 2.37 bits per heavy atom. The molecule has 1 fully saturated rings. The van der Waals surface area contributed by atoms with E-state index in [2.05, 4.69) is 37.1 Å². The molecule has 4 aromatic rings. The van der Waals surface area contributed by atoms with Gasteiger partial charge in [-0.2, -0.15) is 0 Å². The van der Waals surface area contributed by atoms with Gasteiger partial charge in [-0.1, -0.05) is 42.5 Å². The topological polar surface area (TPSA) is 57.7 Å². The van der Waals surface area contributed by atoms with Crippen LogP contribution in [0.3, 0.4) is 0 Å². The highest BCUT2D eigenvalue weighted by atomic mass is 79.9. The fourth-order valence-electron chi connectivity index (χ4n) is 4.57. The predicted molar refractivity (Wildman–Crippen MR) is 146 cm³/mol. The molecule has 5 rings (SSSR count). The maximum absolute atomic E-state index is 13.2. The standard InChI is InChI=1S/C28H27BrN4O2/c1-19-11-12-24(23(29)17-19)31-28(34)22-18-30-27(21-8-4-3-7-20(21)22)33-15-13-32(14-16-33)25-9-5-6-10-26(25)35-2/h3-12,17-18H,13-16H2,1-2H3,(H,31,34). The molecule has 1 N–H and O–H groups in total. The molecule has 7 heteroatoms. The number of anilines is 3. The number of piperazine rings is 1. The van der Waals surface area contributed by atoms with Gasteiger partial charge in [0.2, 0.25) is 0 Å². The van der Waals surface area contributed by atoms with Crippen molar-refractivity contribution in [3.8, 4) is 5.75 Å². The molecule has 178 valence electrons. The zero-order valence-electron chi connectivity index (χ0n) is 19.8. The van der Waals surface area contributed by atoms with E-state index in [1.807, 2.05) is 67.6 Å². The number of benzene rings is 3. The van der Waals surface area contributed by atoms with Crippen molar-refractivity contribution in [1.29, 1.82) is 0 Å². The van der Waals surface area contributed by atoms with Crippen LogP contribution in [0.1, 0.15) is 15.9 Å². The molecule has 0 unspecified atom stereocenters. The van der Waals surface area contributed by atoms with E-state index >= 15 is 0 Å². The van der Waals surface area contributed by atoms with Gasteiger partial charge in [-0.15, -0.1) is 0 Å². The highest BCUT2D eigenvalue weighted by molar-refractivity contribution is 9.10. The molecule has 1 saturated heterocycles. The molecule has 35 heavy (non-hydrogen) atoms. The zero-order chi connectivity index (χ0) is 24.4. The second-order valence-electron chi connectivity index (χ2n) is 8.62. The molecular formula is C28H27BrN4O2. The number of rotatable bonds is 5. The van der Waals surface area contributed by atoms with Crippen LogP contribution in [0, 0.1) is 6.92 Å². The van der Waals surface area contributed by atoms with Gasteiger partial charge in [0.25, 0.3) is 5.91 Å². The number of hydrogen-bond donors (Lipinski definition) is 1. The Bertz CT molecular complexity index is 1380. The molecular weight excluding hydrogens is 504 g/mol. The summed E-state index contributed by atoms with van der Waals surface area (Å²) >= 11 is 3.54. The Balaban J connectivity index is 1.39. The summed E-state index contributed by atoms with van der Waals surface area (Å²) in [4.78, 5) is 22.6. The van der Waals surface area contributed by atoms with Crippen LogP contribution in [0.2, 0.25) is 0 Å². The number of nitrogens with one attached hydrogen (secondary N) is 1. The minimum atomic E-state index is -0.175. The maximum atomic E-state index is 13.2. The first-order valence-electron chi connectivity index (χ1n) is 11.6. The highest BCUT2D eigenvalue weighted by Crippen LogP contribution is 2.32. The maximum Gasteiger partial charge on any atom is 0.257 e. The van der Waals surface area contributed by atoms with E-state index in [-0.39, 0.29) is 5.91 Å². The first kappa shape index (κ1) is 23.2. The van der Waals surface area contributed by atoms with Gasteiger partial charge in [0.1, 0.15) is 11.6 Å². The number of aromatic nitrogens is 1. The number of ether oxygens (including phenoxy) is 1. The summed E-state index contributed by atoms with van der Waals surface area (Å²) in [5.41, 5.74) is 3.53. The number of nitrogens with zero attached hydrogens (tertiary/aromatic N) is 3. The predicted octanol–water partition coefficient (Wildman–Crippen LogP) is 5.89. The fourth-order valence-corrected chi connectivity index (χ4v) is 5.16. The van der Waals surface area contributed by atoms with Gasteiger partial charge in [0.15, 0.2) is 0 Å². The minimum Gasteiger partial charge on any atom is -0.495 e. The average molecular weight is 531 g/mol. The van der Waals surface area contributed by atoms with Crippen LogP contribution in [0.5, 0.6) is 5.75 Å². The van der Waals surface area contributed by atoms with Crippen molar-refractivity contribution in [2.75, 3.05) is 48.4 Å². The van der Waals surface area contributed by atoms with Gasteiger partial charge in [0.05, 0.1) is 24.0 Å². The van der Waals surface area contributed by atoms with Crippen LogP contribution in [0.15, 0.2) is 77.4 Å². The second-order valence-corrected chi connectivity index (χ2v) is 9.48. The molecule has 6 nitrogen and oxygen atoms in total. The summed E-state index contributed by atoms with van der Waals surface area (Å²) in [6.07, 6.45) is 1.70. The number of hydrogen-bond acceptors (Lipinski definition) is 5. The highest BCUT2D eigenvalue weighted by Gasteiger charge is 2.23. The second kappa shape index (κ2) is 9.96. The summed E-state index contributed by atoms with van der Waals surface area (Å²) < 4.78 is 6.40. The molecule has 1 aliphatic heterocycles. The average Bonchev–Trinajstić information content (AvgIpc) is 2.89. The van der Waals surface area contributed by atoms with E-state index in [9.17, 15) is 4.79 Å². The lowest BCUT2D eigenvalue weighted by molar-refractivity contribution is 0.102. The van der Waals surface area contributed by atoms with Gasteiger partial charge >= 0.3 is 0 Å². The number of carbonyl (C=O) groups is 1. The van der Waals surface area contributed by atoms with Crippen LogP contribution in [-0.2, 0) is 0 Å². The third kappa shape index (κ3) is 4.68. The van der Waals surface area contributed by atoms with E-state index < -0.39 is 0 Å². The normalized spacial score (nSPS) is 13.7. The number of carbonyl (C=O) groups excluding carboxylic acids is 1. The number of methoxy groups -OCH3 is 1. The van der Waals surface area contributed by atoms with E-state index in [4.69, 9.17) is 9.72 Å². The van der Waals surface area contributed by atoms with E-state index in [0.29, 0.717) is 5.56 Å². The summed E-state index contributed by atoms with van der Waals surface area (Å²) in [5, 5.41) is 4.90. The molecule has 1 aliphatic rings. The Labute approximate surface area is 213 Å². The molecule has 0 saturated carbocycles. The number of halogens is 1. The van der Waals surface area contributed by atoms with Crippen LogP contribution in [-0.4, -0.2) is 44.2 Å². The zero-order valence-corrected chi connectivity index (χ0v) is 21.4. The van der Waals surface area contributed by atoms with Crippen LogP contribution in [0.4, 0.5) is 17.2 Å². The summed E-state index contributed by atoms with van der Waals surface area (Å²) in [6, 6.07) is 22.0. The first-order chi connectivity index (χ1) is 17.0. The number of para-hydroxylation sites is 2. The van der Waals surface area contributed by atoms with Crippen molar-refractivity contribution in [3.05, 3.63) is 88.5 Å². The molecule has 3 aromatic carbocycles. The van der Waals surface area contributed by atoms with Gasteiger partial charge in [0, 0.05) is 42.2 Å². The van der Waals surface area contributed by atoms with E-state index in [1.165, 1.54) is 0 Å². The SMILES string of the molecule is COc1ccccc1N1CCN(c2ncc(C(=O)Nc3ccc(C)cc3Br)c3ccccc23)CC1. The van der Waals surface area contributed by atoms with Crippen molar-refractivity contribution < 1.29 is 9.53 Å². The van der Waals surface area contributed by atoms with Crippen LogP contribution in [0.25, 0.3) is 10.8 Å². The monoisotopic (exact) mass is 530 g/mol. The van der Waals surface area contributed by atoms with E-state index in [1.54, 1.807) is 13.3 Å². The van der Waals surface area contributed by atoms with Crippen molar-refractivity contribution >= 4 is 49.8 Å². The van der Waals surface area contributed by atoms with E-state index in [0.717, 1.165) is 69.9 Å². The lowest BCUT2D eigenvalue weighted by Gasteiger charge is -2.37. The Morgan fingerprint density at radius 1 is 0.943 bits per heavy atom. The lowest BCUT2D eigenvalue weighted by Crippen LogP contribution is -2.47. The van der Waals surface area contributed by atoms with Gasteiger partial charge in [-0.3, -0.25) is 4.79 Å². The minimum absolute atomic E-state index is 0.175. The largest absolute Gasteiger partial charge is 0.495 e. The van der Waals surface area contributed by atoms with Gasteiger partial charge in [-0.05, 0) is 58.1 Å². The number of aryl methyl sites for hydroxylation is 1. The van der Waals surface area contributed by atoms with Crippen molar-refractivity contribution in [3.63, 3.8) is 0 Å². The molecule has 0 atom stereocenters. The fraction of sp³-hybridized carbons (Fsp3) is 0.214. The smallest absolute Gasteiger partial charge is 0.257 e. The van der Waals surface area contributed by atoms with Gasteiger partial charge < -0.3 is 19.9 Å². The molecule has 0 radical (unpaired) electrons. The number of fused-ring (bicyclic) bond motifs is 1.